The third-order valence-electron chi connectivity index (χ3n) is 9.14. The number of nitrogens with zero attached hydrogens (tertiary/aromatic N) is 5. The second-order valence-corrected chi connectivity index (χ2v) is 11.4. The Morgan fingerprint density at radius 1 is 1.17 bits per heavy atom. The van der Waals surface area contributed by atoms with E-state index in [0.29, 0.717) is 32.1 Å². The van der Waals surface area contributed by atoms with Crippen LogP contribution in [0.4, 0.5) is 16.0 Å². The van der Waals surface area contributed by atoms with E-state index in [9.17, 15) is 5.11 Å². The molecular weight excluding hydrogens is 459 g/mol. The number of piperidine rings is 1. The standard InChI is InChI=1S/C27H33FN6O2/c1-15-5-18-10-29-26(32-23-11-30-34(16(23)2)27-7-17(8-27)9-27)31-22(18)6-20(15)19-3-4-33(12-21(19)28)24-13-36-14-25(24)35/h5-6,10-11,17,19,21,24-25,35H,3-4,7-9,12-14H2,1-2H3,(H,29,31,32)/t17?,19-,21+,24+,25-,27?/m0/s1. The van der Waals surface area contributed by atoms with Gasteiger partial charge in [-0.3, -0.25) is 9.58 Å². The average molecular weight is 493 g/mol. The molecule has 0 amide bonds. The van der Waals surface area contributed by atoms with E-state index in [1.54, 1.807) is 0 Å². The Hall–Kier alpha value is -2.62. The zero-order valence-corrected chi connectivity index (χ0v) is 20.8. The fourth-order valence-corrected chi connectivity index (χ4v) is 6.95. The van der Waals surface area contributed by atoms with Crippen molar-refractivity contribution in [2.45, 2.75) is 69.3 Å². The Morgan fingerprint density at radius 2 is 2.00 bits per heavy atom. The number of ether oxygens (including phenoxy) is 1. The summed E-state index contributed by atoms with van der Waals surface area (Å²) in [7, 11) is 0. The number of benzene rings is 1. The molecule has 1 aromatic carbocycles. The maximum atomic E-state index is 15.5. The SMILES string of the molecule is Cc1cc2cnc(Nc3cnn(C45CC(C4)C5)c3C)nc2cc1[C@@H]1CCN([C@@H]2COC[C@@H]2O)C[C@H]1F. The lowest BCUT2D eigenvalue weighted by molar-refractivity contribution is -0.0990. The summed E-state index contributed by atoms with van der Waals surface area (Å²) in [6, 6.07) is 4.00. The number of aliphatic hydroxyl groups is 1. The first-order chi connectivity index (χ1) is 17.4. The van der Waals surface area contributed by atoms with Crippen molar-refractivity contribution < 1.29 is 14.2 Å². The number of aryl methyl sites for hydroxylation is 1. The van der Waals surface area contributed by atoms with Crippen molar-refractivity contribution in [3.05, 3.63) is 41.3 Å². The summed E-state index contributed by atoms with van der Waals surface area (Å²) in [5, 5.41) is 19.1. The minimum Gasteiger partial charge on any atom is -0.389 e. The van der Waals surface area contributed by atoms with Crippen LogP contribution in [0.25, 0.3) is 10.9 Å². The molecule has 2 bridgehead atoms. The number of rotatable bonds is 5. The number of alkyl halides is 1. The van der Waals surface area contributed by atoms with Gasteiger partial charge in [0.25, 0.3) is 0 Å². The normalized spacial score (nSPS) is 33.9. The van der Waals surface area contributed by atoms with Gasteiger partial charge in [-0.15, -0.1) is 0 Å². The summed E-state index contributed by atoms with van der Waals surface area (Å²) >= 11 is 0. The molecule has 0 radical (unpaired) electrons. The van der Waals surface area contributed by atoms with Crippen LogP contribution in [0.1, 0.15) is 48.4 Å². The molecule has 3 aliphatic carbocycles. The van der Waals surface area contributed by atoms with Crippen LogP contribution in [-0.2, 0) is 10.3 Å². The Kier molecular flexibility index (Phi) is 5.14. The van der Waals surface area contributed by atoms with Crippen LogP contribution in [0.15, 0.2) is 24.5 Å². The molecule has 2 aromatic heterocycles. The third-order valence-corrected chi connectivity index (χ3v) is 9.14. The van der Waals surface area contributed by atoms with Gasteiger partial charge in [-0.05, 0) is 75.3 Å². The van der Waals surface area contributed by atoms with Gasteiger partial charge in [-0.2, -0.15) is 5.10 Å². The molecule has 190 valence electrons. The predicted molar refractivity (Wildman–Crippen MR) is 134 cm³/mol. The minimum atomic E-state index is -1.01. The molecule has 36 heavy (non-hydrogen) atoms. The average Bonchev–Trinajstić information content (AvgIpc) is 3.38. The largest absolute Gasteiger partial charge is 0.389 e. The van der Waals surface area contributed by atoms with Gasteiger partial charge in [0, 0.05) is 24.0 Å². The number of hydrogen-bond donors (Lipinski definition) is 2. The van der Waals surface area contributed by atoms with Crippen molar-refractivity contribution in [1.29, 1.82) is 0 Å². The highest BCUT2D eigenvalue weighted by molar-refractivity contribution is 5.81. The molecule has 4 heterocycles. The van der Waals surface area contributed by atoms with Gasteiger partial charge in [0.05, 0.1) is 54.0 Å². The highest BCUT2D eigenvalue weighted by Crippen LogP contribution is 2.62. The lowest BCUT2D eigenvalue weighted by atomic mass is 9.50. The van der Waals surface area contributed by atoms with Crippen LogP contribution in [0.3, 0.4) is 0 Å². The second kappa shape index (κ2) is 8.19. The molecule has 2 N–H and O–H groups in total. The number of hydrogen-bond acceptors (Lipinski definition) is 7. The minimum absolute atomic E-state index is 0.106. The quantitative estimate of drug-likeness (QED) is 0.563. The van der Waals surface area contributed by atoms with Gasteiger partial charge >= 0.3 is 0 Å². The Bertz CT molecular complexity index is 1310. The first-order valence-electron chi connectivity index (χ1n) is 13.1. The smallest absolute Gasteiger partial charge is 0.227 e. The van der Waals surface area contributed by atoms with E-state index >= 15 is 4.39 Å². The van der Waals surface area contributed by atoms with Crippen LogP contribution >= 0.6 is 0 Å². The van der Waals surface area contributed by atoms with E-state index in [-0.39, 0.29) is 17.5 Å². The van der Waals surface area contributed by atoms with Crippen LogP contribution in [-0.4, -0.2) is 74.4 Å². The summed E-state index contributed by atoms with van der Waals surface area (Å²) < 4.78 is 23.0. The van der Waals surface area contributed by atoms with Crippen LogP contribution in [0, 0.1) is 19.8 Å². The lowest BCUT2D eigenvalue weighted by Crippen LogP contribution is -2.60. The molecule has 2 aliphatic heterocycles. The van der Waals surface area contributed by atoms with E-state index in [1.165, 1.54) is 19.3 Å². The van der Waals surface area contributed by atoms with Crippen molar-refractivity contribution in [3.8, 4) is 0 Å². The van der Waals surface area contributed by atoms with E-state index in [1.807, 2.05) is 25.4 Å². The summed E-state index contributed by atoms with van der Waals surface area (Å²) in [6.07, 6.45) is 6.60. The van der Waals surface area contributed by atoms with Gasteiger partial charge in [-0.1, -0.05) is 0 Å². The molecule has 8 rings (SSSR count). The maximum Gasteiger partial charge on any atom is 0.227 e. The summed E-state index contributed by atoms with van der Waals surface area (Å²) in [6.45, 7) is 6.01. The molecule has 5 aliphatic rings. The molecule has 0 unspecified atom stereocenters. The van der Waals surface area contributed by atoms with Gasteiger partial charge < -0.3 is 15.2 Å². The molecule has 5 fully saturated rings. The first kappa shape index (κ1) is 22.6. The molecule has 3 aromatic rings. The topological polar surface area (TPSA) is 88.3 Å². The van der Waals surface area contributed by atoms with Gasteiger partial charge in [0.1, 0.15) is 6.17 Å². The zero-order chi connectivity index (χ0) is 24.6. The number of halogens is 1. The fraction of sp³-hybridized carbons (Fsp3) is 0.593. The number of aromatic nitrogens is 4. The van der Waals surface area contributed by atoms with Gasteiger partial charge in [-0.25, -0.2) is 14.4 Å². The van der Waals surface area contributed by atoms with E-state index in [2.05, 4.69) is 38.0 Å². The Morgan fingerprint density at radius 3 is 2.69 bits per heavy atom. The molecule has 2 saturated heterocycles. The van der Waals surface area contributed by atoms with Crippen LogP contribution in [0.2, 0.25) is 0 Å². The van der Waals surface area contributed by atoms with E-state index in [4.69, 9.17) is 9.72 Å². The summed E-state index contributed by atoms with van der Waals surface area (Å²) in [4.78, 5) is 11.4. The van der Waals surface area contributed by atoms with Crippen molar-refractivity contribution in [2.24, 2.45) is 5.92 Å². The second-order valence-electron chi connectivity index (χ2n) is 11.4. The molecule has 8 nitrogen and oxygen atoms in total. The maximum absolute atomic E-state index is 15.5. The highest BCUT2D eigenvalue weighted by Gasteiger charge is 2.59. The number of aliphatic hydroxyl groups excluding tert-OH is 1. The van der Waals surface area contributed by atoms with E-state index in [0.717, 1.165) is 45.9 Å². The van der Waals surface area contributed by atoms with Gasteiger partial charge in [0.15, 0.2) is 0 Å². The lowest BCUT2D eigenvalue weighted by Gasteiger charge is -2.61. The predicted octanol–water partition coefficient (Wildman–Crippen LogP) is 3.58. The fourth-order valence-electron chi connectivity index (χ4n) is 6.95. The number of nitrogens with one attached hydrogen (secondary N) is 1. The molecule has 0 spiro atoms. The summed E-state index contributed by atoms with van der Waals surface area (Å²) in [5.74, 6) is 1.23. The van der Waals surface area contributed by atoms with E-state index < -0.39 is 12.3 Å². The molecule has 3 saturated carbocycles. The van der Waals surface area contributed by atoms with Crippen molar-refractivity contribution in [3.63, 3.8) is 0 Å². The Labute approximate surface area is 209 Å². The van der Waals surface area contributed by atoms with Crippen LogP contribution < -0.4 is 5.32 Å². The number of anilines is 2. The first-order valence-corrected chi connectivity index (χ1v) is 13.1. The molecule has 9 heteroatoms. The third kappa shape index (κ3) is 3.47. The molecule has 4 atom stereocenters. The van der Waals surface area contributed by atoms with Crippen molar-refractivity contribution in [2.75, 3.05) is 31.6 Å². The van der Waals surface area contributed by atoms with Crippen molar-refractivity contribution in [1.82, 2.24) is 24.6 Å². The van der Waals surface area contributed by atoms with Gasteiger partial charge in [0.2, 0.25) is 5.95 Å². The molecular formula is C27H33FN6O2. The summed E-state index contributed by atoms with van der Waals surface area (Å²) in [5.41, 5.74) is 5.17. The number of fused-ring (bicyclic) bond motifs is 1. The van der Waals surface area contributed by atoms with Crippen LogP contribution in [0.5, 0.6) is 0 Å². The zero-order valence-electron chi connectivity index (χ0n) is 20.8. The highest BCUT2D eigenvalue weighted by atomic mass is 19.1. The number of likely N-dealkylation sites (tertiary alicyclic amines) is 1. The monoisotopic (exact) mass is 492 g/mol. The van der Waals surface area contributed by atoms with Crippen molar-refractivity contribution >= 4 is 22.5 Å². The Balaban J connectivity index is 1.12.